The molecule has 1 aliphatic heterocycles. The third-order valence-corrected chi connectivity index (χ3v) is 5.72. The summed E-state index contributed by atoms with van der Waals surface area (Å²) in [5.74, 6) is 0.0766. The van der Waals surface area contributed by atoms with Crippen molar-refractivity contribution in [1.82, 2.24) is 4.90 Å². The van der Waals surface area contributed by atoms with Crippen LogP contribution >= 0.6 is 0 Å². The Morgan fingerprint density at radius 2 is 1.96 bits per heavy atom. The van der Waals surface area contributed by atoms with E-state index in [0.29, 0.717) is 24.2 Å². The molecule has 0 aromatic heterocycles. The first-order valence-corrected chi connectivity index (χ1v) is 9.79. The lowest BCUT2D eigenvalue weighted by molar-refractivity contribution is -0.136. The van der Waals surface area contributed by atoms with Gasteiger partial charge in [0, 0.05) is 31.7 Å². The van der Waals surface area contributed by atoms with Gasteiger partial charge in [-0.3, -0.25) is 9.59 Å². The maximum absolute atomic E-state index is 12.4. The van der Waals surface area contributed by atoms with Gasteiger partial charge in [0.25, 0.3) is 5.91 Å². The molecule has 3 rings (SSSR count). The number of esters is 1. The summed E-state index contributed by atoms with van der Waals surface area (Å²) in [6.07, 6.45) is 5.63. The Hall–Kier alpha value is -2.37. The largest absolute Gasteiger partial charge is 0.452 e. The van der Waals surface area contributed by atoms with E-state index in [0.717, 1.165) is 38.0 Å². The number of ether oxygens (including phenoxy) is 1. The van der Waals surface area contributed by atoms with Crippen LogP contribution in [0.1, 0.15) is 55.8 Å². The molecule has 0 radical (unpaired) electrons. The Kier molecular flexibility index (Phi) is 6.14. The molecule has 0 bridgehead atoms. The average Bonchev–Trinajstić information content (AvgIpc) is 3.12. The Morgan fingerprint density at radius 1 is 1.22 bits per heavy atom. The number of benzene rings is 1. The SMILES string of the molecule is CC1CCC(N(C)C(=O)COC(=O)c2cccc(N3CCCC3=O)c2)CC1. The first-order chi connectivity index (χ1) is 13.0. The van der Waals surface area contributed by atoms with Crippen LogP contribution in [-0.4, -0.2) is 48.9 Å². The van der Waals surface area contributed by atoms with Crippen molar-refractivity contribution in [3.63, 3.8) is 0 Å². The summed E-state index contributed by atoms with van der Waals surface area (Å²) < 4.78 is 5.23. The molecular weight excluding hydrogens is 344 g/mol. The predicted molar refractivity (Wildman–Crippen MR) is 103 cm³/mol. The third-order valence-electron chi connectivity index (χ3n) is 5.72. The van der Waals surface area contributed by atoms with Crippen molar-refractivity contribution >= 4 is 23.5 Å². The van der Waals surface area contributed by atoms with E-state index in [1.54, 1.807) is 35.0 Å². The molecule has 1 aliphatic carbocycles. The fourth-order valence-electron chi connectivity index (χ4n) is 3.87. The second kappa shape index (κ2) is 8.55. The van der Waals surface area contributed by atoms with E-state index in [-0.39, 0.29) is 24.5 Å². The number of anilines is 1. The molecule has 0 unspecified atom stereocenters. The molecule has 2 amide bonds. The van der Waals surface area contributed by atoms with Gasteiger partial charge in [-0.15, -0.1) is 0 Å². The second-order valence-electron chi connectivity index (χ2n) is 7.69. The number of rotatable bonds is 5. The summed E-state index contributed by atoms with van der Waals surface area (Å²) >= 11 is 0. The molecule has 2 fully saturated rings. The fraction of sp³-hybridized carbons (Fsp3) is 0.571. The molecule has 1 saturated carbocycles. The number of carbonyl (C=O) groups is 3. The van der Waals surface area contributed by atoms with Crippen LogP contribution in [0.3, 0.4) is 0 Å². The molecular formula is C21H28N2O4. The highest BCUT2D eigenvalue weighted by molar-refractivity contribution is 5.97. The first-order valence-electron chi connectivity index (χ1n) is 9.79. The second-order valence-corrected chi connectivity index (χ2v) is 7.69. The smallest absolute Gasteiger partial charge is 0.338 e. The van der Waals surface area contributed by atoms with Crippen molar-refractivity contribution in [2.45, 2.75) is 51.5 Å². The molecule has 0 atom stereocenters. The van der Waals surface area contributed by atoms with Crippen LogP contribution in [0.2, 0.25) is 0 Å². The summed E-state index contributed by atoms with van der Waals surface area (Å²) in [4.78, 5) is 40.0. The quantitative estimate of drug-likeness (QED) is 0.745. The van der Waals surface area contributed by atoms with Crippen molar-refractivity contribution in [3.8, 4) is 0 Å². The van der Waals surface area contributed by atoms with Crippen molar-refractivity contribution in [3.05, 3.63) is 29.8 Å². The van der Waals surface area contributed by atoms with Gasteiger partial charge in [-0.2, -0.15) is 0 Å². The molecule has 1 heterocycles. The van der Waals surface area contributed by atoms with E-state index in [2.05, 4.69) is 6.92 Å². The highest BCUT2D eigenvalue weighted by Gasteiger charge is 2.26. The van der Waals surface area contributed by atoms with Crippen LogP contribution < -0.4 is 4.90 Å². The van der Waals surface area contributed by atoms with Crippen molar-refractivity contribution < 1.29 is 19.1 Å². The van der Waals surface area contributed by atoms with E-state index in [4.69, 9.17) is 4.74 Å². The molecule has 0 spiro atoms. The molecule has 0 N–H and O–H groups in total. The Labute approximate surface area is 160 Å². The normalized spacial score (nSPS) is 22.6. The van der Waals surface area contributed by atoms with Gasteiger partial charge in [-0.25, -0.2) is 4.79 Å². The van der Waals surface area contributed by atoms with Crippen LogP contribution in [-0.2, 0) is 14.3 Å². The zero-order chi connectivity index (χ0) is 19.4. The minimum absolute atomic E-state index is 0.0686. The number of likely N-dealkylation sites (N-methyl/N-ethyl adjacent to an activating group) is 1. The van der Waals surface area contributed by atoms with Crippen molar-refractivity contribution in [2.75, 3.05) is 25.1 Å². The van der Waals surface area contributed by atoms with Crippen molar-refractivity contribution in [2.24, 2.45) is 5.92 Å². The van der Waals surface area contributed by atoms with Gasteiger partial charge in [0.2, 0.25) is 5.91 Å². The van der Waals surface area contributed by atoms with Crippen LogP contribution in [0.4, 0.5) is 5.69 Å². The third kappa shape index (κ3) is 4.67. The lowest BCUT2D eigenvalue weighted by Gasteiger charge is -2.33. The summed E-state index contributed by atoms with van der Waals surface area (Å²) in [7, 11) is 1.79. The predicted octanol–water partition coefficient (Wildman–Crippen LogP) is 3.01. The van der Waals surface area contributed by atoms with Gasteiger partial charge in [-0.05, 0) is 56.2 Å². The van der Waals surface area contributed by atoms with E-state index in [9.17, 15) is 14.4 Å². The molecule has 2 aliphatic rings. The molecule has 6 heteroatoms. The number of amides is 2. The molecule has 146 valence electrons. The Balaban J connectivity index is 1.54. The number of nitrogens with zero attached hydrogens (tertiary/aromatic N) is 2. The fourth-order valence-corrected chi connectivity index (χ4v) is 3.87. The summed E-state index contributed by atoms with van der Waals surface area (Å²) in [6.45, 7) is 2.65. The maximum atomic E-state index is 12.4. The molecule has 6 nitrogen and oxygen atoms in total. The standard InChI is InChI=1S/C21H28N2O4/c1-15-8-10-17(11-9-15)22(2)20(25)14-27-21(26)16-5-3-6-18(13-16)23-12-4-7-19(23)24/h3,5-6,13,15,17H,4,7-12,14H2,1-2H3. The highest BCUT2D eigenvalue weighted by Crippen LogP contribution is 2.26. The number of hydrogen-bond donors (Lipinski definition) is 0. The van der Waals surface area contributed by atoms with Crippen LogP contribution in [0.25, 0.3) is 0 Å². The Bertz CT molecular complexity index is 710. The molecule has 1 saturated heterocycles. The van der Waals surface area contributed by atoms with Gasteiger partial charge in [0.15, 0.2) is 6.61 Å². The molecule has 1 aromatic carbocycles. The van der Waals surface area contributed by atoms with Gasteiger partial charge in [0.05, 0.1) is 5.56 Å². The zero-order valence-electron chi connectivity index (χ0n) is 16.1. The number of hydrogen-bond acceptors (Lipinski definition) is 4. The van der Waals surface area contributed by atoms with Crippen LogP contribution in [0, 0.1) is 5.92 Å². The summed E-state index contributed by atoms with van der Waals surface area (Å²) in [6, 6.07) is 7.07. The van der Waals surface area contributed by atoms with Gasteiger partial charge < -0.3 is 14.5 Å². The van der Waals surface area contributed by atoms with E-state index in [1.165, 1.54) is 0 Å². The van der Waals surface area contributed by atoms with Crippen molar-refractivity contribution in [1.29, 1.82) is 0 Å². The van der Waals surface area contributed by atoms with Crippen LogP contribution in [0.15, 0.2) is 24.3 Å². The monoisotopic (exact) mass is 372 g/mol. The average molecular weight is 372 g/mol. The lowest BCUT2D eigenvalue weighted by Crippen LogP contribution is -2.41. The summed E-state index contributed by atoms with van der Waals surface area (Å²) in [5.41, 5.74) is 1.06. The van der Waals surface area contributed by atoms with Gasteiger partial charge in [0.1, 0.15) is 0 Å². The van der Waals surface area contributed by atoms with E-state index in [1.807, 2.05) is 6.07 Å². The molecule has 1 aromatic rings. The lowest BCUT2D eigenvalue weighted by atomic mass is 9.87. The van der Waals surface area contributed by atoms with E-state index < -0.39 is 5.97 Å². The highest BCUT2D eigenvalue weighted by atomic mass is 16.5. The minimum Gasteiger partial charge on any atom is -0.452 e. The van der Waals surface area contributed by atoms with Gasteiger partial charge in [-0.1, -0.05) is 13.0 Å². The van der Waals surface area contributed by atoms with E-state index >= 15 is 0 Å². The topological polar surface area (TPSA) is 66.9 Å². The van der Waals surface area contributed by atoms with Gasteiger partial charge >= 0.3 is 5.97 Å². The Morgan fingerprint density at radius 3 is 2.63 bits per heavy atom. The zero-order valence-corrected chi connectivity index (χ0v) is 16.1. The minimum atomic E-state index is -0.539. The maximum Gasteiger partial charge on any atom is 0.338 e. The number of carbonyl (C=O) groups excluding carboxylic acids is 3. The molecule has 27 heavy (non-hydrogen) atoms. The first kappa shape index (κ1) is 19.4. The van der Waals surface area contributed by atoms with Crippen LogP contribution in [0.5, 0.6) is 0 Å². The summed E-state index contributed by atoms with van der Waals surface area (Å²) in [5, 5.41) is 0.